The third-order valence-electron chi connectivity index (χ3n) is 2.26. The summed E-state index contributed by atoms with van der Waals surface area (Å²) in [6.45, 7) is 2.34. The molecule has 3 N–H and O–H groups in total. The van der Waals surface area contributed by atoms with Crippen molar-refractivity contribution in [2.75, 3.05) is 0 Å². The van der Waals surface area contributed by atoms with E-state index in [0.717, 1.165) is 17.3 Å². The number of imidazole rings is 1. The first-order valence-electron chi connectivity index (χ1n) is 5.23. The van der Waals surface area contributed by atoms with Crippen molar-refractivity contribution in [1.82, 2.24) is 9.97 Å². The van der Waals surface area contributed by atoms with Crippen molar-refractivity contribution in [2.45, 2.75) is 19.6 Å². The summed E-state index contributed by atoms with van der Waals surface area (Å²) >= 11 is 0. The first kappa shape index (κ1) is 10.7. The Kier molecular flexibility index (Phi) is 3.22. The van der Waals surface area contributed by atoms with Crippen LogP contribution >= 0.6 is 0 Å². The van der Waals surface area contributed by atoms with Gasteiger partial charge in [-0.05, 0) is 19.1 Å². The number of nitrogens with zero attached hydrogens (tertiary/aromatic N) is 1. The average molecular weight is 217 g/mol. The number of benzene rings is 1. The Morgan fingerprint density at radius 2 is 2.12 bits per heavy atom. The van der Waals surface area contributed by atoms with E-state index in [-0.39, 0.29) is 6.04 Å². The predicted octanol–water partition coefficient (Wildman–Crippen LogP) is 2.01. The molecule has 2 rings (SSSR count). The van der Waals surface area contributed by atoms with Crippen LogP contribution < -0.4 is 10.5 Å². The highest BCUT2D eigenvalue weighted by Gasteiger charge is 2.04. The largest absolute Gasteiger partial charge is 0.486 e. The fourth-order valence-corrected chi connectivity index (χ4v) is 1.35. The van der Waals surface area contributed by atoms with E-state index in [1.54, 1.807) is 6.20 Å². The molecule has 0 amide bonds. The molecule has 0 fully saturated rings. The van der Waals surface area contributed by atoms with Gasteiger partial charge in [0.05, 0.1) is 5.69 Å². The number of hydrogen-bond acceptors (Lipinski definition) is 3. The highest BCUT2D eigenvalue weighted by atomic mass is 16.5. The van der Waals surface area contributed by atoms with Crippen LogP contribution in [0.2, 0.25) is 0 Å². The Hall–Kier alpha value is -1.81. The Balaban J connectivity index is 1.95. The Morgan fingerprint density at radius 1 is 1.38 bits per heavy atom. The first-order valence-corrected chi connectivity index (χ1v) is 5.23. The molecule has 0 bridgehead atoms. The monoisotopic (exact) mass is 217 g/mol. The number of aromatic nitrogens is 2. The standard InChI is InChI=1S/C12H15N3O/c1-9(13)11-7-14-12(15-11)8-16-10-5-3-2-4-6-10/h2-7,9H,8,13H2,1H3,(H,14,15). The van der Waals surface area contributed by atoms with E-state index < -0.39 is 0 Å². The van der Waals surface area contributed by atoms with Gasteiger partial charge in [-0.1, -0.05) is 18.2 Å². The molecule has 0 spiro atoms. The fourth-order valence-electron chi connectivity index (χ4n) is 1.35. The van der Waals surface area contributed by atoms with Gasteiger partial charge >= 0.3 is 0 Å². The van der Waals surface area contributed by atoms with Gasteiger partial charge in [0.1, 0.15) is 18.2 Å². The molecule has 84 valence electrons. The molecular formula is C12H15N3O. The quantitative estimate of drug-likeness (QED) is 0.823. The van der Waals surface area contributed by atoms with Crippen molar-refractivity contribution in [3.63, 3.8) is 0 Å². The van der Waals surface area contributed by atoms with Gasteiger partial charge in [-0.25, -0.2) is 4.98 Å². The van der Waals surface area contributed by atoms with Crippen molar-refractivity contribution in [2.24, 2.45) is 5.73 Å². The Morgan fingerprint density at radius 3 is 2.75 bits per heavy atom. The second kappa shape index (κ2) is 4.81. The Bertz CT molecular complexity index is 437. The third kappa shape index (κ3) is 2.61. The molecule has 1 aromatic carbocycles. The van der Waals surface area contributed by atoms with Crippen LogP contribution in [0.3, 0.4) is 0 Å². The molecule has 0 radical (unpaired) electrons. The second-order valence-corrected chi connectivity index (χ2v) is 3.68. The smallest absolute Gasteiger partial charge is 0.146 e. The molecule has 0 saturated carbocycles. The number of nitrogens with one attached hydrogen (secondary N) is 1. The highest BCUT2D eigenvalue weighted by molar-refractivity contribution is 5.21. The summed E-state index contributed by atoms with van der Waals surface area (Å²) in [5, 5.41) is 0. The van der Waals surface area contributed by atoms with Gasteiger partial charge in [0.2, 0.25) is 0 Å². The maximum Gasteiger partial charge on any atom is 0.146 e. The SMILES string of the molecule is CC(N)c1cnc(COc2ccccc2)[nH]1. The summed E-state index contributed by atoms with van der Waals surface area (Å²) in [6.07, 6.45) is 1.74. The number of aromatic amines is 1. The minimum Gasteiger partial charge on any atom is -0.486 e. The van der Waals surface area contributed by atoms with E-state index in [0.29, 0.717) is 6.61 Å². The third-order valence-corrected chi connectivity index (χ3v) is 2.26. The fraction of sp³-hybridized carbons (Fsp3) is 0.250. The lowest BCUT2D eigenvalue weighted by Gasteiger charge is -2.03. The van der Waals surface area contributed by atoms with Crippen molar-refractivity contribution in [3.8, 4) is 5.75 Å². The molecule has 0 aliphatic heterocycles. The molecule has 16 heavy (non-hydrogen) atoms. The predicted molar refractivity (Wildman–Crippen MR) is 62.0 cm³/mol. The lowest BCUT2D eigenvalue weighted by Crippen LogP contribution is -2.05. The maximum atomic E-state index is 5.72. The van der Waals surface area contributed by atoms with Gasteiger partial charge in [-0.3, -0.25) is 0 Å². The zero-order valence-electron chi connectivity index (χ0n) is 9.18. The van der Waals surface area contributed by atoms with Gasteiger partial charge in [0.15, 0.2) is 0 Å². The van der Waals surface area contributed by atoms with Gasteiger partial charge < -0.3 is 15.5 Å². The number of para-hydroxylation sites is 1. The molecule has 4 nitrogen and oxygen atoms in total. The van der Waals surface area contributed by atoms with Crippen LogP contribution in [0, 0.1) is 0 Å². The van der Waals surface area contributed by atoms with Gasteiger partial charge in [0.25, 0.3) is 0 Å². The van der Waals surface area contributed by atoms with Gasteiger partial charge in [-0.2, -0.15) is 0 Å². The maximum absolute atomic E-state index is 5.72. The average Bonchev–Trinajstić information content (AvgIpc) is 2.76. The van der Waals surface area contributed by atoms with Crippen LogP contribution in [0.15, 0.2) is 36.5 Å². The molecule has 1 heterocycles. The topological polar surface area (TPSA) is 63.9 Å². The summed E-state index contributed by atoms with van der Waals surface area (Å²) in [7, 11) is 0. The molecule has 2 aromatic rings. The first-order chi connectivity index (χ1) is 7.75. The molecule has 0 saturated heterocycles. The van der Waals surface area contributed by atoms with E-state index in [1.165, 1.54) is 0 Å². The number of nitrogens with two attached hydrogens (primary N) is 1. The van der Waals surface area contributed by atoms with Crippen molar-refractivity contribution in [1.29, 1.82) is 0 Å². The summed E-state index contributed by atoms with van der Waals surface area (Å²) < 4.78 is 5.55. The normalized spacial score (nSPS) is 12.4. The second-order valence-electron chi connectivity index (χ2n) is 3.68. The van der Waals surface area contributed by atoms with Gasteiger partial charge in [-0.15, -0.1) is 0 Å². The summed E-state index contributed by atoms with van der Waals surface area (Å²) in [5.41, 5.74) is 6.65. The van der Waals surface area contributed by atoms with E-state index in [9.17, 15) is 0 Å². The molecule has 1 aromatic heterocycles. The molecular weight excluding hydrogens is 202 g/mol. The lowest BCUT2D eigenvalue weighted by atomic mass is 10.3. The molecule has 1 atom stereocenters. The van der Waals surface area contributed by atoms with Crippen LogP contribution in [-0.4, -0.2) is 9.97 Å². The van der Waals surface area contributed by atoms with E-state index >= 15 is 0 Å². The number of hydrogen-bond donors (Lipinski definition) is 2. The molecule has 1 unspecified atom stereocenters. The zero-order valence-corrected chi connectivity index (χ0v) is 9.18. The summed E-state index contributed by atoms with van der Waals surface area (Å²) in [5.74, 6) is 1.62. The Labute approximate surface area is 94.5 Å². The zero-order chi connectivity index (χ0) is 11.4. The van der Waals surface area contributed by atoms with Crippen LogP contribution in [0.1, 0.15) is 24.5 Å². The van der Waals surface area contributed by atoms with Crippen LogP contribution in [0.4, 0.5) is 0 Å². The highest BCUT2D eigenvalue weighted by Crippen LogP contribution is 2.11. The molecule has 0 aliphatic carbocycles. The van der Waals surface area contributed by atoms with E-state index in [1.807, 2.05) is 37.3 Å². The van der Waals surface area contributed by atoms with Crippen LogP contribution in [0.5, 0.6) is 5.75 Å². The van der Waals surface area contributed by atoms with Crippen molar-refractivity contribution < 1.29 is 4.74 Å². The molecule has 4 heteroatoms. The minimum absolute atomic E-state index is 0.0297. The van der Waals surface area contributed by atoms with E-state index in [4.69, 9.17) is 10.5 Å². The van der Waals surface area contributed by atoms with Crippen LogP contribution in [-0.2, 0) is 6.61 Å². The summed E-state index contributed by atoms with van der Waals surface area (Å²) in [4.78, 5) is 7.31. The summed E-state index contributed by atoms with van der Waals surface area (Å²) in [6, 6.07) is 9.62. The number of rotatable bonds is 4. The minimum atomic E-state index is -0.0297. The lowest BCUT2D eigenvalue weighted by molar-refractivity contribution is 0.297. The van der Waals surface area contributed by atoms with Crippen LogP contribution in [0.25, 0.3) is 0 Å². The van der Waals surface area contributed by atoms with Crippen molar-refractivity contribution >= 4 is 0 Å². The van der Waals surface area contributed by atoms with Gasteiger partial charge in [0, 0.05) is 12.2 Å². The van der Waals surface area contributed by atoms with Crippen molar-refractivity contribution in [3.05, 3.63) is 48.0 Å². The number of ether oxygens (including phenoxy) is 1. The number of H-pyrrole nitrogens is 1. The molecule has 0 aliphatic rings. The van der Waals surface area contributed by atoms with E-state index in [2.05, 4.69) is 9.97 Å².